The van der Waals surface area contributed by atoms with E-state index >= 15 is 0 Å². The molecule has 0 unspecified atom stereocenters. The third-order valence-corrected chi connectivity index (χ3v) is 1.57. The second kappa shape index (κ2) is 6.11. The van der Waals surface area contributed by atoms with Gasteiger partial charge < -0.3 is 5.32 Å². The number of ketones is 1. The average molecular weight is 147 g/mol. The third kappa shape index (κ3) is 5.86. The van der Waals surface area contributed by atoms with Gasteiger partial charge in [0.25, 0.3) is 0 Å². The first-order valence-electron chi connectivity index (χ1n) is 2.96. The highest BCUT2D eigenvalue weighted by Crippen LogP contribution is 1.94. The normalized spacial score (nSPS) is 9.56. The molecule has 0 spiro atoms. The second-order valence-electron chi connectivity index (χ2n) is 1.81. The molecule has 0 rings (SSSR count). The van der Waals surface area contributed by atoms with Crippen molar-refractivity contribution in [2.75, 3.05) is 25.6 Å². The maximum atomic E-state index is 10.7. The third-order valence-electron chi connectivity index (χ3n) is 0.959. The zero-order chi connectivity index (χ0) is 7.11. The lowest BCUT2D eigenvalue weighted by Crippen LogP contribution is -2.18. The molecule has 0 aliphatic heterocycles. The summed E-state index contributed by atoms with van der Waals surface area (Å²) in [5.41, 5.74) is 0. The van der Waals surface area contributed by atoms with Gasteiger partial charge in [-0.1, -0.05) is 0 Å². The molecular weight excluding hydrogens is 134 g/mol. The van der Waals surface area contributed by atoms with E-state index < -0.39 is 0 Å². The smallest absolute Gasteiger partial charge is 0.147 e. The van der Waals surface area contributed by atoms with Crippen LogP contribution in [-0.4, -0.2) is 31.4 Å². The van der Waals surface area contributed by atoms with E-state index in [0.717, 1.165) is 5.75 Å². The van der Waals surface area contributed by atoms with Gasteiger partial charge in [-0.2, -0.15) is 11.8 Å². The van der Waals surface area contributed by atoms with Gasteiger partial charge in [0.05, 0.1) is 6.54 Å². The van der Waals surface area contributed by atoms with Crippen molar-refractivity contribution in [1.82, 2.24) is 5.32 Å². The first kappa shape index (κ1) is 8.98. The molecule has 0 saturated carbocycles. The van der Waals surface area contributed by atoms with Crippen molar-refractivity contribution in [3.63, 3.8) is 0 Å². The molecule has 0 heterocycles. The molecule has 0 radical (unpaired) electrons. The van der Waals surface area contributed by atoms with Gasteiger partial charge >= 0.3 is 0 Å². The number of rotatable bonds is 5. The number of carbonyl (C=O) groups excluding carboxylic acids is 1. The van der Waals surface area contributed by atoms with Crippen LogP contribution in [0.4, 0.5) is 0 Å². The van der Waals surface area contributed by atoms with Crippen LogP contribution in [-0.2, 0) is 4.79 Å². The fraction of sp³-hybridized carbons (Fsp3) is 0.833. The predicted molar refractivity (Wildman–Crippen MR) is 41.9 cm³/mol. The largest absolute Gasteiger partial charge is 0.313 e. The van der Waals surface area contributed by atoms with Gasteiger partial charge in [-0.05, 0) is 19.1 Å². The standard InChI is InChI=1S/C6H13NOS/c1-7-5-6(8)3-4-9-2/h7H,3-5H2,1-2H3. The van der Waals surface area contributed by atoms with E-state index in [1.54, 1.807) is 18.8 Å². The minimum absolute atomic E-state index is 0.298. The molecule has 0 atom stereocenters. The van der Waals surface area contributed by atoms with Crippen molar-refractivity contribution in [3.05, 3.63) is 0 Å². The number of carbonyl (C=O) groups is 1. The Labute approximate surface area is 60.4 Å². The van der Waals surface area contributed by atoms with Gasteiger partial charge in [0.15, 0.2) is 0 Å². The highest BCUT2D eigenvalue weighted by Gasteiger charge is 1.96. The minimum Gasteiger partial charge on any atom is -0.313 e. The first-order chi connectivity index (χ1) is 4.31. The summed E-state index contributed by atoms with van der Waals surface area (Å²) in [5, 5.41) is 2.82. The van der Waals surface area contributed by atoms with Crippen LogP contribution in [0.3, 0.4) is 0 Å². The van der Waals surface area contributed by atoms with Crippen molar-refractivity contribution in [1.29, 1.82) is 0 Å². The number of likely N-dealkylation sites (N-methyl/N-ethyl adjacent to an activating group) is 1. The molecule has 9 heavy (non-hydrogen) atoms. The Morgan fingerprint density at radius 3 is 2.78 bits per heavy atom. The van der Waals surface area contributed by atoms with Crippen molar-refractivity contribution in [2.45, 2.75) is 6.42 Å². The number of thioether (sulfide) groups is 1. The SMILES string of the molecule is CNCC(=O)CCSC. The molecule has 0 aliphatic carbocycles. The summed E-state index contributed by atoms with van der Waals surface area (Å²) in [5.74, 6) is 1.24. The van der Waals surface area contributed by atoms with Crippen LogP contribution in [0.25, 0.3) is 0 Å². The Bertz CT molecular complexity index is 85.1. The van der Waals surface area contributed by atoms with E-state index in [2.05, 4.69) is 5.32 Å². The molecule has 0 aromatic carbocycles. The molecule has 0 amide bonds. The Hall–Kier alpha value is -0.0200. The van der Waals surface area contributed by atoms with Gasteiger partial charge in [0.1, 0.15) is 5.78 Å². The van der Waals surface area contributed by atoms with Crippen molar-refractivity contribution >= 4 is 17.5 Å². The van der Waals surface area contributed by atoms with E-state index in [4.69, 9.17) is 0 Å². The predicted octanol–water partition coefficient (Wildman–Crippen LogP) is 0.528. The molecule has 54 valence electrons. The Kier molecular flexibility index (Phi) is 6.09. The quantitative estimate of drug-likeness (QED) is 0.615. The molecule has 1 N–H and O–H groups in total. The topological polar surface area (TPSA) is 29.1 Å². The second-order valence-corrected chi connectivity index (χ2v) is 2.80. The molecule has 0 saturated heterocycles. The lowest BCUT2D eigenvalue weighted by atomic mass is 10.3. The summed E-state index contributed by atoms with van der Waals surface area (Å²) in [7, 11) is 1.79. The molecular formula is C6H13NOS. The Morgan fingerprint density at radius 2 is 2.33 bits per heavy atom. The molecule has 0 fully saturated rings. The molecule has 0 aromatic rings. The molecule has 3 heteroatoms. The fourth-order valence-corrected chi connectivity index (χ4v) is 0.933. The lowest BCUT2D eigenvalue weighted by molar-refractivity contribution is -0.117. The van der Waals surface area contributed by atoms with E-state index in [9.17, 15) is 4.79 Å². The van der Waals surface area contributed by atoms with Crippen molar-refractivity contribution in [2.24, 2.45) is 0 Å². The number of nitrogens with one attached hydrogen (secondary N) is 1. The Morgan fingerprint density at radius 1 is 1.67 bits per heavy atom. The lowest BCUT2D eigenvalue weighted by Gasteiger charge is -1.95. The van der Waals surface area contributed by atoms with Crippen LogP contribution < -0.4 is 5.32 Å². The van der Waals surface area contributed by atoms with E-state index in [1.165, 1.54) is 0 Å². The van der Waals surface area contributed by atoms with E-state index in [1.807, 2.05) is 6.26 Å². The van der Waals surface area contributed by atoms with Crippen LogP contribution in [0, 0.1) is 0 Å². The highest BCUT2D eigenvalue weighted by molar-refractivity contribution is 7.98. The zero-order valence-electron chi connectivity index (χ0n) is 5.94. The summed E-state index contributed by atoms with van der Waals surface area (Å²) in [6.45, 7) is 0.514. The summed E-state index contributed by atoms with van der Waals surface area (Å²) >= 11 is 1.71. The zero-order valence-corrected chi connectivity index (χ0v) is 6.75. The molecule has 0 aliphatic rings. The van der Waals surface area contributed by atoms with Crippen LogP contribution in [0.1, 0.15) is 6.42 Å². The Balaban J connectivity index is 3.06. The van der Waals surface area contributed by atoms with Crippen LogP contribution in [0.2, 0.25) is 0 Å². The summed E-state index contributed by atoms with van der Waals surface area (Å²) in [6.07, 6.45) is 2.70. The summed E-state index contributed by atoms with van der Waals surface area (Å²) in [6, 6.07) is 0. The van der Waals surface area contributed by atoms with Crippen molar-refractivity contribution in [3.8, 4) is 0 Å². The number of Topliss-reactive ketones (excluding diaryl/α,β-unsaturated/α-hetero) is 1. The number of hydrogen-bond acceptors (Lipinski definition) is 3. The van der Waals surface area contributed by atoms with Gasteiger partial charge in [-0.15, -0.1) is 0 Å². The van der Waals surface area contributed by atoms with E-state index in [0.29, 0.717) is 18.7 Å². The average Bonchev–Trinajstić information content (AvgIpc) is 1.85. The van der Waals surface area contributed by atoms with Crippen molar-refractivity contribution < 1.29 is 4.79 Å². The monoisotopic (exact) mass is 147 g/mol. The maximum absolute atomic E-state index is 10.7. The fourth-order valence-electron chi connectivity index (χ4n) is 0.501. The van der Waals surface area contributed by atoms with Gasteiger partial charge in [0.2, 0.25) is 0 Å². The van der Waals surface area contributed by atoms with Gasteiger partial charge in [-0.25, -0.2) is 0 Å². The molecule has 2 nitrogen and oxygen atoms in total. The first-order valence-corrected chi connectivity index (χ1v) is 4.36. The van der Waals surface area contributed by atoms with Crippen LogP contribution in [0.15, 0.2) is 0 Å². The maximum Gasteiger partial charge on any atom is 0.147 e. The highest BCUT2D eigenvalue weighted by atomic mass is 32.2. The van der Waals surface area contributed by atoms with Gasteiger partial charge in [0, 0.05) is 6.42 Å². The number of hydrogen-bond donors (Lipinski definition) is 1. The van der Waals surface area contributed by atoms with Gasteiger partial charge in [-0.3, -0.25) is 4.79 Å². The summed E-state index contributed by atoms with van der Waals surface area (Å²) < 4.78 is 0. The van der Waals surface area contributed by atoms with Crippen LogP contribution >= 0.6 is 11.8 Å². The minimum atomic E-state index is 0.298. The molecule has 0 aromatic heterocycles. The van der Waals surface area contributed by atoms with E-state index in [-0.39, 0.29) is 0 Å². The molecule has 0 bridgehead atoms. The summed E-state index contributed by atoms with van der Waals surface area (Å²) in [4.78, 5) is 10.7. The van der Waals surface area contributed by atoms with Crippen LogP contribution in [0.5, 0.6) is 0 Å².